The fourth-order valence-electron chi connectivity index (χ4n) is 3.05. The standard InChI is InChI=1S/C16H28N2OS/c1-11(2)17-10-14-13(4)18-15(20-14)16(19-5)8-6-7-12(3)9-16/h11-12,17H,6-10H2,1-5H3. The van der Waals surface area contributed by atoms with Gasteiger partial charge in [-0.1, -0.05) is 27.2 Å². The molecule has 1 heterocycles. The maximum Gasteiger partial charge on any atom is 0.125 e. The zero-order valence-electron chi connectivity index (χ0n) is 13.5. The second-order valence-corrected chi connectivity index (χ2v) is 7.55. The number of hydrogen-bond acceptors (Lipinski definition) is 4. The van der Waals surface area contributed by atoms with Gasteiger partial charge >= 0.3 is 0 Å². The van der Waals surface area contributed by atoms with Crippen LogP contribution in [0.2, 0.25) is 0 Å². The first-order valence-corrected chi connectivity index (χ1v) is 8.54. The minimum Gasteiger partial charge on any atom is -0.371 e. The maximum absolute atomic E-state index is 5.96. The van der Waals surface area contributed by atoms with Crippen molar-refractivity contribution in [1.82, 2.24) is 10.3 Å². The van der Waals surface area contributed by atoms with Crippen LogP contribution in [0.3, 0.4) is 0 Å². The Bertz CT molecular complexity index is 444. The third kappa shape index (κ3) is 3.41. The normalized spacial score (nSPS) is 27.2. The van der Waals surface area contributed by atoms with Crippen molar-refractivity contribution < 1.29 is 4.74 Å². The zero-order chi connectivity index (χ0) is 14.8. The van der Waals surface area contributed by atoms with E-state index in [9.17, 15) is 0 Å². The van der Waals surface area contributed by atoms with Gasteiger partial charge in [0.2, 0.25) is 0 Å². The summed E-state index contributed by atoms with van der Waals surface area (Å²) < 4.78 is 5.96. The summed E-state index contributed by atoms with van der Waals surface area (Å²) in [6.45, 7) is 9.71. The number of ether oxygens (including phenoxy) is 1. The lowest BCUT2D eigenvalue weighted by Gasteiger charge is -2.37. The average molecular weight is 296 g/mol. The molecule has 2 rings (SSSR count). The summed E-state index contributed by atoms with van der Waals surface area (Å²) in [5, 5.41) is 4.67. The predicted molar refractivity (Wildman–Crippen MR) is 85.1 cm³/mol. The number of nitrogens with zero attached hydrogens (tertiary/aromatic N) is 1. The third-order valence-corrected chi connectivity index (χ3v) is 5.64. The van der Waals surface area contributed by atoms with Crippen LogP contribution in [0.25, 0.3) is 0 Å². The largest absolute Gasteiger partial charge is 0.371 e. The quantitative estimate of drug-likeness (QED) is 0.891. The first-order chi connectivity index (χ1) is 9.47. The summed E-state index contributed by atoms with van der Waals surface area (Å²) in [5.41, 5.74) is 1.02. The van der Waals surface area contributed by atoms with Crippen LogP contribution in [0.5, 0.6) is 0 Å². The van der Waals surface area contributed by atoms with Crippen molar-refractivity contribution >= 4 is 11.3 Å². The average Bonchev–Trinajstić information content (AvgIpc) is 2.78. The Labute approximate surface area is 127 Å². The highest BCUT2D eigenvalue weighted by molar-refractivity contribution is 7.11. The number of aryl methyl sites for hydroxylation is 1. The van der Waals surface area contributed by atoms with Gasteiger partial charge in [0.25, 0.3) is 0 Å². The van der Waals surface area contributed by atoms with Gasteiger partial charge in [-0.2, -0.15) is 0 Å². The Kier molecular flexibility index (Phi) is 5.21. The molecule has 114 valence electrons. The molecule has 1 aliphatic rings. The highest BCUT2D eigenvalue weighted by Gasteiger charge is 2.39. The van der Waals surface area contributed by atoms with Crippen molar-refractivity contribution in [3.63, 3.8) is 0 Å². The molecule has 0 amide bonds. The van der Waals surface area contributed by atoms with E-state index >= 15 is 0 Å². The molecular weight excluding hydrogens is 268 g/mol. The zero-order valence-corrected chi connectivity index (χ0v) is 14.3. The maximum atomic E-state index is 5.96. The van der Waals surface area contributed by atoms with Crippen LogP contribution >= 0.6 is 11.3 Å². The second kappa shape index (κ2) is 6.54. The van der Waals surface area contributed by atoms with Gasteiger partial charge in [-0.15, -0.1) is 11.3 Å². The molecule has 0 radical (unpaired) electrons. The van der Waals surface area contributed by atoms with Gasteiger partial charge < -0.3 is 10.1 Å². The Morgan fingerprint density at radius 3 is 2.85 bits per heavy atom. The number of aromatic nitrogens is 1. The molecule has 1 N–H and O–H groups in total. The lowest BCUT2D eigenvalue weighted by Crippen LogP contribution is -2.34. The molecule has 1 aromatic heterocycles. The van der Waals surface area contributed by atoms with Gasteiger partial charge in [0.15, 0.2) is 0 Å². The summed E-state index contributed by atoms with van der Waals surface area (Å²) in [6, 6.07) is 0.506. The van der Waals surface area contributed by atoms with Gasteiger partial charge in [-0.05, 0) is 32.1 Å². The molecule has 1 aromatic rings. The van der Waals surface area contributed by atoms with Crippen LogP contribution in [0.15, 0.2) is 0 Å². The Hall–Kier alpha value is -0.450. The first-order valence-electron chi connectivity index (χ1n) is 7.72. The van der Waals surface area contributed by atoms with E-state index in [0.29, 0.717) is 6.04 Å². The predicted octanol–water partition coefficient (Wildman–Crippen LogP) is 4.00. The number of rotatable bonds is 5. The van der Waals surface area contributed by atoms with Crippen LogP contribution in [0.1, 0.15) is 62.0 Å². The number of thiazole rings is 1. The van der Waals surface area contributed by atoms with Crippen LogP contribution in [0, 0.1) is 12.8 Å². The Morgan fingerprint density at radius 1 is 1.50 bits per heavy atom. The molecule has 2 unspecified atom stereocenters. The second-order valence-electron chi connectivity index (χ2n) is 6.46. The van der Waals surface area contributed by atoms with Crippen molar-refractivity contribution in [1.29, 1.82) is 0 Å². The van der Waals surface area contributed by atoms with E-state index in [1.165, 1.54) is 22.7 Å². The minimum absolute atomic E-state index is 0.136. The van der Waals surface area contributed by atoms with Crippen LogP contribution in [-0.2, 0) is 16.9 Å². The Balaban J connectivity index is 2.20. The molecule has 0 bridgehead atoms. The summed E-state index contributed by atoms with van der Waals surface area (Å²) in [6.07, 6.45) is 4.77. The fraction of sp³-hybridized carbons (Fsp3) is 0.812. The Morgan fingerprint density at radius 2 is 2.25 bits per heavy atom. The molecule has 1 saturated carbocycles. The molecule has 20 heavy (non-hydrogen) atoms. The summed E-state index contributed by atoms with van der Waals surface area (Å²) in [7, 11) is 1.85. The monoisotopic (exact) mass is 296 g/mol. The van der Waals surface area contributed by atoms with E-state index in [1.54, 1.807) is 0 Å². The van der Waals surface area contributed by atoms with E-state index in [1.807, 2.05) is 18.4 Å². The summed E-state index contributed by atoms with van der Waals surface area (Å²) >= 11 is 1.83. The van der Waals surface area contributed by atoms with Gasteiger partial charge in [-0.25, -0.2) is 4.98 Å². The van der Waals surface area contributed by atoms with Crippen molar-refractivity contribution in [2.24, 2.45) is 5.92 Å². The number of nitrogens with one attached hydrogen (secondary N) is 1. The molecular formula is C16H28N2OS. The van der Waals surface area contributed by atoms with E-state index in [0.717, 1.165) is 31.0 Å². The van der Waals surface area contributed by atoms with Crippen molar-refractivity contribution in [3.8, 4) is 0 Å². The van der Waals surface area contributed by atoms with E-state index in [-0.39, 0.29) is 5.60 Å². The molecule has 0 saturated heterocycles. The molecule has 1 fully saturated rings. The van der Waals surface area contributed by atoms with Gasteiger partial charge in [0.1, 0.15) is 10.6 Å². The minimum atomic E-state index is -0.136. The lowest BCUT2D eigenvalue weighted by atomic mass is 9.79. The van der Waals surface area contributed by atoms with Gasteiger partial charge in [0, 0.05) is 24.6 Å². The van der Waals surface area contributed by atoms with Gasteiger partial charge in [-0.3, -0.25) is 0 Å². The van der Waals surface area contributed by atoms with E-state index in [4.69, 9.17) is 9.72 Å². The molecule has 0 spiro atoms. The first kappa shape index (κ1) is 15.9. The van der Waals surface area contributed by atoms with Crippen LogP contribution in [-0.4, -0.2) is 18.1 Å². The lowest BCUT2D eigenvalue weighted by molar-refractivity contribution is -0.0581. The highest BCUT2D eigenvalue weighted by atomic mass is 32.1. The number of hydrogen-bond donors (Lipinski definition) is 1. The van der Waals surface area contributed by atoms with Crippen molar-refractivity contribution in [2.75, 3.05) is 7.11 Å². The van der Waals surface area contributed by atoms with Crippen molar-refractivity contribution in [2.45, 2.75) is 71.6 Å². The van der Waals surface area contributed by atoms with Crippen LogP contribution < -0.4 is 5.32 Å². The smallest absolute Gasteiger partial charge is 0.125 e. The molecule has 2 atom stereocenters. The summed E-state index contributed by atoms with van der Waals surface area (Å²) in [5.74, 6) is 0.727. The molecule has 1 aliphatic carbocycles. The van der Waals surface area contributed by atoms with Gasteiger partial charge in [0.05, 0.1) is 5.69 Å². The topological polar surface area (TPSA) is 34.1 Å². The molecule has 0 aliphatic heterocycles. The third-order valence-electron chi connectivity index (χ3n) is 4.30. The fourth-order valence-corrected chi connectivity index (χ4v) is 4.27. The van der Waals surface area contributed by atoms with E-state index in [2.05, 4.69) is 33.0 Å². The van der Waals surface area contributed by atoms with Crippen molar-refractivity contribution in [3.05, 3.63) is 15.6 Å². The molecule has 3 nitrogen and oxygen atoms in total. The molecule has 4 heteroatoms. The molecule has 0 aromatic carbocycles. The summed E-state index contributed by atoms with van der Waals surface area (Å²) in [4.78, 5) is 6.19. The SMILES string of the molecule is COC1(c2nc(C)c(CNC(C)C)s2)CCCC(C)C1. The van der Waals surface area contributed by atoms with E-state index < -0.39 is 0 Å². The van der Waals surface area contributed by atoms with Crippen LogP contribution in [0.4, 0.5) is 0 Å². The number of methoxy groups -OCH3 is 1. The highest BCUT2D eigenvalue weighted by Crippen LogP contribution is 2.44.